The molecule has 0 spiro atoms. The third kappa shape index (κ3) is 5.28. The number of hydrogen-bond acceptors (Lipinski definition) is 4. The Balaban J connectivity index is 2.23. The third-order valence-corrected chi connectivity index (χ3v) is 4.20. The van der Waals surface area contributed by atoms with Gasteiger partial charge in [-0.3, -0.25) is 9.59 Å². The van der Waals surface area contributed by atoms with Gasteiger partial charge in [-0.25, -0.2) is 0 Å². The van der Waals surface area contributed by atoms with Gasteiger partial charge in [0.15, 0.2) is 0 Å². The number of rotatable bonds is 7. The summed E-state index contributed by atoms with van der Waals surface area (Å²) in [5, 5.41) is 13.1. The van der Waals surface area contributed by atoms with Crippen molar-refractivity contribution in [3.8, 4) is 0 Å². The van der Waals surface area contributed by atoms with Crippen molar-refractivity contribution >= 4 is 23.6 Å². The molecule has 0 fully saturated rings. The van der Waals surface area contributed by atoms with Crippen molar-refractivity contribution in [1.82, 2.24) is 10.6 Å². The fraction of sp³-hybridized carbons (Fsp3) is 0.190. The molecule has 2 rings (SSSR count). The summed E-state index contributed by atoms with van der Waals surface area (Å²) in [6.45, 7) is 3.61. The summed E-state index contributed by atoms with van der Waals surface area (Å²) in [4.78, 5) is 24.0. The number of carbonyl (C=O) groups excluding carboxylic acids is 2. The fourth-order valence-corrected chi connectivity index (χ4v) is 2.77. The molecule has 6 heteroatoms. The average molecular weight is 364 g/mol. The van der Waals surface area contributed by atoms with Crippen LogP contribution in [0, 0.1) is 12.3 Å². The SMILES string of the molecule is CC(=O)NCC(NC(=O)c1ccc(/C(C=N)=C/N)c(C)c1)c1ccccc1. The van der Waals surface area contributed by atoms with Gasteiger partial charge in [0, 0.05) is 37.0 Å². The van der Waals surface area contributed by atoms with Crippen molar-refractivity contribution < 1.29 is 9.59 Å². The van der Waals surface area contributed by atoms with E-state index in [2.05, 4.69) is 10.6 Å². The second kappa shape index (κ2) is 9.33. The number of benzene rings is 2. The normalized spacial score (nSPS) is 12.1. The predicted octanol–water partition coefficient (Wildman–Crippen LogP) is 2.55. The molecule has 27 heavy (non-hydrogen) atoms. The lowest BCUT2D eigenvalue weighted by Gasteiger charge is -2.20. The molecule has 0 aliphatic rings. The van der Waals surface area contributed by atoms with E-state index in [1.807, 2.05) is 37.3 Å². The van der Waals surface area contributed by atoms with Gasteiger partial charge < -0.3 is 21.8 Å². The first-order valence-corrected chi connectivity index (χ1v) is 8.60. The van der Waals surface area contributed by atoms with Crippen LogP contribution in [0.5, 0.6) is 0 Å². The minimum Gasteiger partial charge on any atom is -0.404 e. The molecule has 2 aromatic carbocycles. The highest BCUT2D eigenvalue weighted by atomic mass is 16.2. The van der Waals surface area contributed by atoms with Crippen molar-refractivity contribution in [1.29, 1.82) is 5.41 Å². The molecular formula is C21H24N4O2. The van der Waals surface area contributed by atoms with Crippen LogP contribution < -0.4 is 16.4 Å². The van der Waals surface area contributed by atoms with E-state index < -0.39 is 0 Å². The Morgan fingerprint density at radius 3 is 2.44 bits per heavy atom. The summed E-state index contributed by atoms with van der Waals surface area (Å²) in [7, 11) is 0. The van der Waals surface area contributed by atoms with Crippen LogP contribution in [-0.4, -0.2) is 24.6 Å². The maximum absolute atomic E-state index is 12.7. The van der Waals surface area contributed by atoms with E-state index in [4.69, 9.17) is 11.1 Å². The van der Waals surface area contributed by atoms with E-state index in [0.717, 1.165) is 16.7 Å². The molecule has 0 aliphatic heterocycles. The van der Waals surface area contributed by atoms with E-state index >= 15 is 0 Å². The molecular weight excluding hydrogens is 340 g/mol. The topological polar surface area (TPSA) is 108 Å². The van der Waals surface area contributed by atoms with Gasteiger partial charge in [0.1, 0.15) is 0 Å². The predicted molar refractivity (Wildman–Crippen MR) is 107 cm³/mol. The average Bonchev–Trinajstić information content (AvgIpc) is 2.67. The summed E-state index contributed by atoms with van der Waals surface area (Å²) in [5.41, 5.74) is 9.20. The molecule has 1 unspecified atom stereocenters. The van der Waals surface area contributed by atoms with Crippen molar-refractivity contribution in [3.05, 3.63) is 77.0 Å². The van der Waals surface area contributed by atoms with Crippen molar-refractivity contribution in [2.75, 3.05) is 6.54 Å². The van der Waals surface area contributed by atoms with Crippen LogP contribution in [0.2, 0.25) is 0 Å². The summed E-state index contributed by atoms with van der Waals surface area (Å²) in [6.07, 6.45) is 2.55. The van der Waals surface area contributed by atoms with Crippen LogP contribution in [0.3, 0.4) is 0 Å². The first-order valence-electron chi connectivity index (χ1n) is 8.60. The number of amides is 2. The molecule has 2 aromatic rings. The van der Waals surface area contributed by atoms with Crippen molar-refractivity contribution in [2.45, 2.75) is 19.9 Å². The molecule has 0 saturated heterocycles. The molecule has 140 valence electrons. The Morgan fingerprint density at radius 2 is 1.89 bits per heavy atom. The summed E-state index contributed by atoms with van der Waals surface area (Å²) >= 11 is 0. The second-order valence-electron chi connectivity index (χ2n) is 6.17. The van der Waals surface area contributed by atoms with Gasteiger partial charge in [-0.05, 0) is 35.7 Å². The maximum Gasteiger partial charge on any atom is 0.251 e. The molecule has 0 aromatic heterocycles. The number of nitrogens with two attached hydrogens (primary N) is 1. The van der Waals surface area contributed by atoms with Crippen LogP contribution in [-0.2, 0) is 4.79 Å². The minimum atomic E-state index is -0.344. The maximum atomic E-state index is 12.7. The van der Waals surface area contributed by atoms with E-state index in [-0.39, 0.29) is 17.9 Å². The Kier molecular flexibility index (Phi) is 6.88. The van der Waals surface area contributed by atoms with Crippen LogP contribution in [0.25, 0.3) is 5.57 Å². The minimum absolute atomic E-state index is 0.155. The Labute approximate surface area is 159 Å². The Hall–Kier alpha value is -3.41. The van der Waals surface area contributed by atoms with E-state index in [1.165, 1.54) is 19.3 Å². The number of nitrogens with one attached hydrogen (secondary N) is 3. The standard InChI is InChI=1S/C21H24N4O2/c1-14-10-17(8-9-19(14)18(11-22)12-23)21(27)25-20(13-24-15(2)26)16-6-4-3-5-7-16/h3-12,20,22H,13,23H2,1-2H3,(H,24,26)(H,25,27)/b18-12+,22-11?. The van der Waals surface area contributed by atoms with Crippen molar-refractivity contribution in [2.24, 2.45) is 5.73 Å². The number of aryl methyl sites for hydroxylation is 1. The number of carbonyl (C=O) groups is 2. The van der Waals surface area contributed by atoms with Gasteiger partial charge >= 0.3 is 0 Å². The molecule has 0 aliphatic carbocycles. The summed E-state index contributed by atoms with van der Waals surface area (Å²) < 4.78 is 0. The van der Waals surface area contributed by atoms with Crippen LogP contribution in [0.15, 0.2) is 54.7 Å². The highest BCUT2D eigenvalue weighted by Crippen LogP contribution is 2.19. The molecule has 1 atom stereocenters. The van der Waals surface area contributed by atoms with Gasteiger partial charge in [-0.1, -0.05) is 36.4 Å². The monoisotopic (exact) mass is 364 g/mol. The lowest BCUT2D eigenvalue weighted by Crippen LogP contribution is -2.37. The van der Waals surface area contributed by atoms with Gasteiger partial charge in [-0.2, -0.15) is 0 Å². The number of allylic oxidation sites excluding steroid dienone is 1. The highest BCUT2D eigenvalue weighted by Gasteiger charge is 2.17. The highest BCUT2D eigenvalue weighted by molar-refractivity contribution is 6.09. The third-order valence-electron chi connectivity index (χ3n) is 4.20. The van der Waals surface area contributed by atoms with Gasteiger partial charge in [0.2, 0.25) is 5.91 Å². The largest absolute Gasteiger partial charge is 0.404 e. The van der Waals surface area contributed by atoms with Crippen LogP contribution in [0.4, 0.5) is 0 Å². The Morgan fingerprint density at radius 1 is 1.19 bits per heavy atom. The quantitative estimate of drug-likeness (QED) is 0.567. The molecule has 0 radical (unpaired) electrons. The smallest absolute Gasteiger partial charge is 0.251 e. The second-order valence-corrected chi connectivity index (χ2v) is 6.17. The van der Waals surface area contributed by atoms with E-state index in [9.17, 15) is 9.59 Å². The molecule has 0 saturated carbocycles. The fourth-order valence-electron chi connectivity index (χ4n) is 2.77. The Bertz CT molecular complexity index is 860. The van der Waals surface area contributed by atoms with Crippen LogP contribution >= 0.6 is 0 Å². The zero-order valence-corrected chi connectivity index (χ0v) is 15.5. The summed E-state index contributed by atoms with van der Waals surface area (Å²) in [5.74, 6) is -0.393. The zero-order chi connectivity index (χ0) is 19.8. The van der Waals surface area contributed by atoms with Gasteiger partial charge in [-0.15, -0.1) is 0 Å². The summed E-state index contributed by atoms with van der Waals surface area (Å²) in [6, 6.07) is 14.4. The van der Waals surface area contributed by atoms with Crippen LogP contribution in [0.1, 0.15) is 40.0 Å². The van der Waals surface area contributed by atoms with Gasteiger partial charge in [0.05, 0.1) is 6.04 Å². The number of hydrogen-bond donors (Lipinski definition) is 4. The first-order chi connectivity index (χ1) is 13.0. The van der Waals surface area contributed by atoms with E-state index in [0.29, 0.717) is 17.7 Å². The lowest BCUT2D eigenvalue weighted by molar-refractivity contribution is -0.119. The molecule has 0 heterocycles. The molecule has 5 N–H and O–H groups in total. The molecule has 0 bridgehead atoms. The van der Waals surface area contributed by atoms with Crippen molar-refractivity contribution in [3.63, 3.8) is 0 Å². The lowest BCUT2D eigenvalue weighted by atomic mass is 9.99. The molecule has 2 amide bonds. The molecule has 6 nitrogen and oxygen atoms in total. The first kappa shape index (κ1) is 19.9. The van der Waals surface area contributed by atoms with Gasteiger partial charge in [0.25, 0.3) is 5.91 Å². The van der Waals surface area contributed by atoms with E-state index in [1.54, 1.807) is 18.2 Å². The zero-order valence-electron chi connectivity index (χ0n) is 15.5.